The van der Waals surface area contributed by atoms with Crippen LogP contribution in [-0.4, -0.2) is 38.0 Å². The number of aryl methyl sites for hydroxylation is 1. The molecule has 1 amide bonds. The van der Waals surface area contributed by atoms with E-state index in [4.69, 9.17) is 0 Å². The zero-order valence-corrected chi connectivity index (χ0v) is 10.4. The van der Waals surface area contributed by atoms with E-state index >= 15 is 0 Å². The molecule has 7 heteroatoms. The van der Waals surface area contributed by atoms with Gasteiger partial charge in [0.2, 0.25) is 5.91 Å². The number of carbonyl (C=O) groups excluding carboxylic acids is 1. The summed E-state index contributed by atoms with van der Waals surface area (Å²) >= 11 is 0. The molecule has 0 aromatic carbocycles. The molecule has 7 nitrogen and oxygen atoms in total. The Kier molecular flexibility index (Phi) is 3.81. The van der Waals surface area contributed by atoms with Gasteiger partial charge in [-0.05, 0) is 12.8 Å². The lowest BCUT2D eigenvalue weighted by Crippen LogP contribution is -2.37. The van der Waals surface area contributed by atoms with E-state index in [1.165, 1.54) is 10.9 Å². The molecule has 2 unspecified atom stereocenters. The van der Waals surface area contributed by atoms with Crippen LogP contribution in [0.4, 0.5) is 0 Å². The van der Waals surface area contributed by atoms with Crippen LogP contribution < -0.4 is 11.0 Å². The van der Waals surface area contributed by atoms with Gasteiger partial charge in [0.1, 0.15) is 12.9 Å². The molecule has 2 rings (SSSR count). The third kappa shape index (κ3) is 2.79. The molecule has 1 saturated carbocycles. The molecule has 18 heavy (non-hydrogen) atoms. The van der Waals surface area contributed by atoms with Crippen molar-refractivity contribution in [2.75, 3.05) is 6.54 Å². The second-order valence-electron chi connectivity index (χ2n) is 4.74. The summed E-state index contributed by atoms with van der Waals surface area (Å²) in [5.41, 5.74) is -0.314. The number of aliphatic hydroxyl groups excluding tert-OH is 1. The minimum absolute atomic E-state index is 0.0809. The van der Waals surface area contributed by atoms with Crippen LogP contribution in [0.1, 0.15) is 19.3 Å². The van der Waals surface area contributed by atoms with E-state index in [1.807, 2.05) is 0 Å². The maximum Gasteiger partial charge on any atom is 0.345 e. The number of hydrogen-bond donors (Lipinski definition) is 2. The number of aromatic nitrogens is 3. The van der Waals surface area contributed by atoms with Crippen molar-refractivity contribution in [1.29, 1.82) is 0 Å². The van der Waals surface area contributed by atoms with Gasteiger partial charge < -0.3 is 10.4 Å². The summed E-state index contributed by atoms with van der Waals surface area (Å²) in [6.45, 7) is 0.379. The van der Waals surface area contributed by atoms with Crippen molar-refractivity contribution >= 4 is 5.91 Å². The van der Waals surface area contributed by atoms with Gasteiger partial charge in [-0.15, -0.1) is 0 Å². The second kappa shape index (κ2) is 5.34. The quantitative estimate of drug-likeness (QED) is 0.710. The van der Waals surface area contributed by atoms with Gasteiger partial charge in [-0.25, -0.2) is 9.48 Å². The molecule has 1 fully saturated rings. The van der Waals surface area contributed by atoms with Gasteiger partial charge in [0.15, 0.2) is 0 Å². The van der Waals surface area contributed by atoms with Crippen molar-refractivity contribution < 1.29 is 9.90 Å². The van der Waals surface area contributed by atoms with Crippen LogP contribution in [-0.2, 0) is 18.4 Å². The zero-order chi connectivity index (χ0) is 13.1. The predicted octanol–water partition coefficient (Wildman–Crippen LogP) is -1.14. The summed E-state index contributed by atoms with van der Waals surface area (Å²) in [7, 11) is 1.58. The topological polar surface area (TPSA) is 89.2 Å². The summed E-state index contributed by atoms with van der Waals surface area (Å²) in [4.78, 5) is 23.1. The Morgan fingerprint density at radius 2 is 2.39 bits per heavy atom. The van der Waals surface area contributed by atoms with E-state index in [1.54, 1.807) is 7.05 Å². The molecule has 1 aromatic heterocycles. The van der Waals surface area contributed by atoms with Gasteiger partial charge in [-0.1, -0.05) is 6.42 Å². The Morgan fingerprint density at radius 1 is 1.61 bits per heavy atom. The van der Waals surface area contributed by atoms with Crippen LogP contribution in [0, 0.1) is 5.92 Å². The monoisotopic (exact) mass is 254 g/mol. The third-order valence-corrected chi connectivity index (χ3v) is 3.36. The summed E-state index contributed by atoms with van der Waals surface area (Å²) < 4.78 is 2.43. The molecule has 0 saturated heterocycles. The first kappa shape index (κ1) is 12.8. The maximum absolute atomic E-state index is 11.6. The molecule has 2 N–H and O–H groups in total. The van der Waals surface area contributed by atoms with Crippen LogP contribution in [0.3, 0.4) is 0 Å². The Bertz CT molecular complexity index is 479. The van der Waals surface area contributed by atoms with Crippen LogP contribution in [0.2, 0.25) is 0 Å². The minimum Gasteiger partial charge on any atom is -0.393 e. The maximum atomic E-state index is 11.6. The largest absolute Gasteiger partial charge is 0.393 e. The van der Waals surface area contributed by atoms with Crippen molar-refractivity contribution in [2.45, 2.75) is 31.9 Å². The van der Waals surface area contributed by atoms with E-state index in [-0.39, 0.29) is 30.2 Å². The lowest BCUT2D eigenvalue weighted by molar-refractivity contribution is -0.122. The van der Waals surface area contributed by atoms with E-state index in [2.05, 4.69) is 10.4 Å². The molecule has 0 spiro atoms. The second-order valence-corrected chi connectivity index (χ2v) is 4.74. The fraction of sp³-hybridized carbons (Fsp3) is 0.727. The average molecular weight is 254 g/mol. The SMILES string of the molecule is Cn1cnn(CC(=O)NCC2CCCC2O)c1=O. The molecule has 0 aliphatic heterocycles. The van der Waals surface area contributed by atoms with Gasteiger partial charge in [0.05, 0.1) is 6.10 Å². The highest BCUT2D eigenvalue weighted by Gasteiger charge is 2.25. The van der Waals surface area contributed by atoms with E-state index < -0.39 is 0 Å². The van der Waals surface area contributed by atoms with Crippen LogP contribution >= 0.6 is 0 Å². The first-order chi connectivity index (χ1) is 8.58. The highest BCUT2D eigenvalue weighted by Crippen LogP contribution is 2.24. The summed E-state index contributed by atoms with van der Waals surface area (Å²) in [5, 5.41) is 16.2. The predicted molar refractivity (Wildman–Crippen MR) is 63.8 cm³/mol. The first-order valence-electron chi connectivity index (χ1n) is 6.11. The normalized spacial score (nSPS) is 23.2. The number of aliphatic hydroxyl groups is 1. The molecular weight excluding hydrogens is 236 g/mol. The molecule has 0 radical (unpaired) electrons. The third-order valence-electron chi connectivity index (χ3n) is 3.36. The van der Waals surface area contributed by atoms with Crippen LogP contribution in [0.15, 0.2) is 11.1 Å². The van der Waals surface area contributed by atoms with E-state index in [9.17, 15) is 14.7 Å². The highest BCUT2D eigenvalue weighted by molar-refractivity contribution is 5.75. The van der Waals surface area contributed by atoms with Gasteiger partial charge in [-0.2, -0.15) is 5.10 Å². The number of amides is 1. The Hall–Kier alpha value is -1.63. The van der Waals surface area contributed by atoms with Gasteiger partial charge >= 0.3 is 5.69 Å². The number of nitrogens with one attached hydrogen (secondary N) is 1. The first-order valence-corrected chi connectivity index (χ1v) is 6.11. The fourth-order valence-corrected chi connectivity index (χ4v) is 2.22. The zero-order valence-electron chi connectivity index (χ0n) is 10.4. The summed E-state index contributed by atoms with van der Waals surface area (Å²) in [6.07, 6.45) is 3.80. The Morgan fingerprint density at radius 3 is 2.94 bits per heavy atom. The molecule has 1 aliphatic rings. The van der Waals surface area contributed by atoms with Crippen molar-refractivity contribution in [1.82, 2.24) is 19.7 Å². The van der Waals surface area contributed by atoms with Gasteiger partial charge in [0.25, 0.3) is 0 Å². The molecule has 1 aromatic rings. The lowest BCUT2D eigenvalue weighted by atomic mass is 10.1. The van der Waals surface area contributed by atoms with E-state index in [0.29, 0.717) is 6.54 Å². The smallest absolute Gasteiger partial charge is 0.345 e. The van der Waals surface area contributed by atoms with Crippen molar-refractivity contribution in [3.8, 4) is 0 Å². The average Bonchev–Trinajstić information content (AvgIpc) is 2.88. The fourth-order valence-electron chi connectivity index (χ4n) is 2.22. The number of carbonyl (C=O) groups is 1. The number of hydrogen-bond acceptors (Lipinski definition) is 4. The van der Waals surface area contributed by atoms with Crippen molar-refractivity contribution in [3.63, 3.8) is 0 Å². The molecule has 0 bridgehead atoms. The summed E-state index contributed by atoms with van der Waals surface area (Å²) in [5.74, 6) is -0.121. The van der Waals surface area contributed by atoms with Crippen molar-refractivity contribution in [3.05, 3.63) is 16.8 Å². The molecular formula is C11H18N4O3. The molecule has 2 atom stereocenters. The van der Waals surface area contributed by atoms with Crippen LogP contribution in [0.5, 0.6) is 0 Å². The van der Waals surface area contributed by atoms with Crippen molar-refractivity contribution in [2.24, 2.45) is 13.0 Å². The van der Waals surface area contributed by atoms with Crippen LogP contribution in [0.25, 0.3) is 0 Å². The molecule has 1 heterocycles. The van der Waals surface area contributed by atoms with Gasteiger partial charge in [0, 0.05) is 19.5 Å². The standard InChI is InChI=1S/C11H18N4O3/c1-14-7-13-15(11(14)18)6-10(17)12-5-8-3-2-4-9(8)16/h7-9,16H,2-6H2,1H3,(H,12,17). The number of nitrogens with zero attached hydrogens (tertiary/aromatic N) is 3. The highest BCUT2D eigenvalue weighted by atomic mass is 16.3. The Labute approximate surface area is 104 Å². The van der Waals surface area contributed by atoms with Gasteiger partial charge in [-0.3, -0.25) is 9.36 Å². The lowest BCUT2D eigenvalue weighted by Gasteiger charge is -2.14. The van der Waals surface area contributed by atoms with E-state index in [0.717, 1.165) is 23.9 Å². The molecule has 100 valence electrons. The minimum atomic E-state index is -0.317. The Balaban J connectivity index is 1.82. The molecule has 1 aliphatic carbocycles. The summed E-state index contributed by atoms with van der Waals surface area (Å²) in [6, 6.07) is 0. The number of rotatable bonds is 4.